The van der Waals surface area contributed by atoms with Crippen LogP contribution in [0, 0.1) is 0 Å². The Balaban J connectivity index is 0.00000529. The first-order valence-electron chi connectivity index (χ1n) is 8.03. The van der Waals surface area contributed by atoms with Gasteiger partial charge in [0.15, 0.2) is 0 Å². The molecule has 0 aliphatic heterocycles. The monoisotopic (exact) mass is 355 g/mol. The number of nitrogens with zero attached hydrogens (tertiary/aromatic N) is 1. The van der Waals surface area contributed by atoms with E-state index in [2.05, 4.69) is 31.4 Å². The van der Waals surface area contributed by atoms with Crippen molar-refractivity contribution in [2.45, 2.75) is 32.6 Å². The standard InChI is InChI=1S/C18H29N3O2.ClH/c1-18(2,3)15-8-6-14(7-9-15)17(23)20-11-10-16(22)21(5)13-12-19-4;/h6-9,19H,10-13H2,1-5H3,(H,20,23);1H. The van der Waals surface area contributed by atoms with E-state index in [1.165, 1.54) is 5.56 Å². The van der Waals surface area contributed by atoms with Gasteiger partial charge >= 0.3 is 0 Å². The zero-order valence-electron chi connectivity index (χ0n) is 15.3. The summed E-state index contributed by atoms with van der Waals surface area (Å²) in [6, 6.07) is 7.62. The molecule has 0 saturated heterocycles. The van der Waals surface area contributed by atoms with Gasteiger partial charge in [-0.1, -0.05) is 32.9 Å². The van der Waals surface area contributed by atoms with Crippen molar-refractivity contribution < 1.29 is 9.59 Å². The summed E-state index contributed by atoms with van der Waals surface area (Å²) in [5.41, 5.74) is 1.88. The maximum atomic E-state index is 12.1. The summed E-state index contributed by atoms with van der Waals surface area (Å²) in [5, 5.41) is 5.80. The minimum Gasteiger partial charge on any atom is -0.352 e. The van der Waals surface area contributed by atoms with Crippen molar-refractivity contribution in [2.24, 2.45) is 0 Å². The van der Waals surface area contributed by atoms with E-state index in [0.717, 1.165) is 6.54 Å². The van der Waals surface area contributed by atoms with Gasteiger partial charge in [-0.05, 0) is 30.2 Å². The Morgan fingerprint density at radius 3 is 2.17 bits per heavy atom. The number of carbonyl (C=O) groups excluding carboxylic acids is 2. The van der Waals surface area contributed by atoms with E-state index in [0.29, 0.717) is 25.1 Å². The first kappa shape index (κ1) is 22.4. The van der Waals surface area contributed by atoms with Gasteiger partial charge in [-0.15, -0.1) is 12.4 Å². The highest BCUT2D eigenvalue weighted by atomic mass is 35.5. The fourth-order valence-corrected chi connectivity index (χ4v) is 2.10. The van der Waals surface area contributed by atoms with Gasteiger partial charge in [0.05, 0.1) is 0 Å². The highest BCUT2D eigenvalue weighted by Crippen LogP contribution is 2.22. The molecular weight excluding hydrogens is 326 g/mol. The van der Waals surface area contributed by atoms with E-state index in [4.69, 9.17) is 0 Å². The summed E-state index contributed by atoms with van der Waals surface area (Å²) in [6.45, 7) is 8.18. The van der Waals surface area contributed by atoms with E-state index in [9.17, 15) is 9.59 Å². The van der Waals surface area contributed by atoms with Gasteiger partial charge in [-0.3, -0.25) is 9.59 Å². The van der Waals surface area contributed by atoms with Crippen molar-refractivity contribution in [3.05, 3.63) is 35.4 Å². The summed E-state index contributed by atoms with van der Waals surface area (Å²) >= 11 is 0. The Labute approximate surface area is 151 Å². The molecule has 1 rings (SSSR count). The average Bonchev–Trinajstić information content (AvgIpc) is 2.51. The Bertz CT molecular complexity index is 524. The van der Waals surface area contributed by atoms with Crippen LogP contribution in [0.25, 0.3) is 0 Å². The summed E-state index contributed by atoms with van der Waals surface area (Å²) in [4.78, 5) is 25.6. The molecule has 0 aliphatic carbocycles. The lowest BCUT2D eigenvalue weighted by Crippen LogP contribution is -2.35. The molecule has 0 atom stereocenters. The van der Waals surface area contributed by atoms with Gasteiger partial charge in [0, 0.05) is 38.7 Å². The average molecular weight is 356 g/mol. The van der Waals surface area contributed by atoms with E-state index in [1.807, 2.05) is 31.3 Å². The third-order valence-corrected chi connectivity index (χ3v) is 3.76. The van der Waals surface area contributed by atoms with Crippen molar-refractivity contribution in [1.82, 2.24) is 15.5 Å². The molecule has 1 aromatic rings. The first-order valence-corrected chi connectivity index (χ1v) is 8.03. The highest BCUT2D eigenvalue weighted by Gasteiger charge is 2.14. The molecule has 6 heteroatoms. The molecule has 1 aromatic carbocycles. The van der Waals surface area contributed by atoms with Gasteiger partial charge in [0.25, 0.3) is 5.91 Å². The second-order valence-corrected chi connectivity index (χ2v) is 6.75. The lowest BCUT2D eigenvalue weighted by molar-refractivity contribution is -0.129. The molecule has 0 bridgehead atoms. The number of likely N-dealkylation sites (N-methyl/N-ethyl adjacent to an activating group) is 2. The van der Waals surface area contributed by atoms with Crippen molar-refractivity contribution in [3.63, 3.8) is 0 Å². The van der Waals surface area contributed by atoms with Crippen LogP contribution in [0.2, 0.25) is 0 Å². The van der Waals surface area contributed by atoms with Crippen molar-refractivity contribution in [1.29, 1.82) is 0 Å². The third-order valence-electron chi connectivity index (χ3n) is 3.76. The maximum absolute atomic E-state index is 12.1. The quantitative estimate of drug-likeness (QED) is 0.788. The molecule has 0 aromatic heterocycles. The normalized spacial score (nSPS) is 10.7. The minimum atomic E-state index is -0.142. The SMILES string of the molecule is CNCCN(C)C(=O)CCNC(=O)c1ccc(C(C)(C)C)cc1.Cl. The maximum Gasteiger partial charge on any atom is 0.251 e. The van der Waals surface area contributed by atoms with Crippen LogP contribution < -0.4 is 10.6 Å². The van der Waals surface area contributed by atoms with Crippen LogP contribution in [0.4, 0.5) is 0 Å². The number of nitrogens with one attached hydrogen (secondary N) is 2. The number of benzene rings is 1. The number of carbonyl (C=O) groups is 2. The van der Waals surface area contributed by atoms with E-state index in [-0.39, 0.29) is 29.6 Å². The second-order valence-electron chi connectivity index (χ2n) is 6.75. The zero-order chi connectivity index (χ0) is 17.5. The molecule has 0 saturated carbocycles. The van der Waals surface area contributed by atoms with Gasteiger partial charge < -0.3 is 15.5 Å². The molecule has 0 unspecified atom stereocenters. The van der Waals surface area contributed by atoms with Crippen molar-refractivity contribution in [3.8, 4) is 0 Å². The largest absolute Gasteiger partial charge is 0.352 e. The fraction of sp³-hybridized carbons (Fsp3) is 0.556. The molecule has 2 N–H and O–H groups in total. The predicted octanol–water partition coefficient (Wildman–Crippen LogP) is 2.20. The molecular formula is C18H30ClN3O2. The molecule has 136 valence electrons. The molecule has 2 amide bonds. The Hall–Kier alpha value is -1.59. The summed E-state index contributed by atoms with van der Waals surface area (Å²) in [5.74, 6) is -0.111. The predicted molar refractivity (Wildman–Crippen MR) is 101 cm³/mol. The fourth-order valence-electron chi connectivity index (χ4n) is 2.10. The molecule has 0 aliphatic rings. The molecule has 0 heterocycles. The number of halogens is 1. The van der Waals surface area contributed by atoms with E-state index >= 15 is 0 Å². The summed E-state index contributed by atoms with van der Waals surface area (Å²) < 4.78 is 0. The zero-order valence-corrected chi connectivity index (χ0v) is 16.1. The topological polar surface area (TPSA) is 61.4 Å². The third kappa shape index (κ3) is 7.32. The lowest BCUT2D eigenvalue weighted by Gasteiger charge is -2.19. The van der Waals surface area contributed by atoms with Gasteiger partial charge in [-0.2, -0.15) is 0 Å². The van der Waals surface area contributed by atoms with Crippen LogP contribution in [0.15, 0.2) is 24.3 Å². The van der Waals surface area contributed by atoms with Gasteiger partial charge in [-0.25, -0.2) is 0 Å². The van der Waals surface area contributed by atoms with Crippen molar-refractivity contribution >= 4 is 24.2 Å². The number of rotatable bonds is 7. The number of amides is 2. The number of hydrogen-bond acceptors (Lipinski definition) is 3. The molecule has 5 nitrogen and oxygen atoms in total. The van der Waals surface area contributed by atoms with Crippen LogP contribution in [0.1, 0.15) is 43.1 Å². The van der Waals surface area contributed by atoms with Gasteiger partial charge in [0.1, 0.15) is 0 Å². The molecule has 24 heavy (non-hydrogen) atoms. The molecule has 0 radical (unpaired) electrons. The summed E-state index contributed by atoms with van der Waals surface area (Å²) in [7, 11) is 3.62. The Morgan fingerprint density at radius 1 is 1.08 bits per heavy atom. The highest BCUT2D eigenvalue weighted by molar-refractivity contribution is 5.94. The first-order chi connectivity index (χ1) is 10.8. The molecule has 0 fully saturated rings. The second kappa shape index (κ2) is 10.3. The smallest absolute Gasteiger partial charge is 0.251 e. The summed E-state index contributed by atoms with van der Waals surface area (Å²) in [6.07, 6.45) is 0.312. The van der Waals surface area contributed by atoms with Crippen LogP contribution in [0.3, 0.4) is 0 Å². The van der Waals surface area contributed by atoms with Crippen LogP contribution >= 0.6 is 12.4 Å². The van der Waals surface area contributed by atoms with Crippen LogP contribution in [-0.2, 0) is 10.2 Å². The van der Waals surface area contributed by atoms with Crippen LogP contribution in [-0.4, -0.2) is 50.4 Å². The van der Waals surface area contributed by atoms with Gasteiger partial charge in [0.2, 0.25) is 5.91 Å². The lowest BCUT2D eigenvalue weighted by atomic mass is 9.87. The van der Waals surface area contributed by atoms with E-state index < -0.39 is 0 Å². The van der Waals surface area contributed by atoms with Crippen LogP contribution in [0.5, 0.6) is 0 Å². The van der Waals surface area contributed by atoms with Crippen molar-refractivity contribution in [2.75, 3.05) is 33.7 Å². The number of hydrogen-bond donors (Lipinski definition) is 2. The Morgan fingerprint density at radius 2 is 1.67 bits per heavy atom. The Kier molecular flexibility index (Phi) is 9.63. The minimum absolute atomic E-state index is 0. The molecule has 0 spiro atoms. The van der Waals surface area contributed by atoms with E-state index in [1.54, 1.807) is 11.9 Å².